The molecule has 0 saturated heterocycles. The van der Waals surface area contributed by atoms with Crippen molar-refractivity contribution in [2.45, 2.75) is 18.9 Å². The van der Waals surface area contributed by atoms with Gasteiger partial charge in [0.25, 0.3) is 0 Å². The molecule has 0 amide bonds. The SMILES string of the molecule is C#CNN[C@@H]1CCc2ccccc21. The van der Waals surface area contributed by atoms with E-state index in [9.17, 15) is 0 Å². The second-order valence-corrected chi connectivity index (χ2v) is 3.20. The van der Waals surface area contributed by atoms with E-state index in [1.54, 1.807) is 0 Å². The van der Waals surface area contributed by atoms with Crippen molar-refractivity contribution < 1.29 is 0 Å². The Bertz CT molecular complexity index is 338. The Morgan fingerprint density at radius 1 is 1.38 bits per heavy atom. The topological polar surface area (TPSA) is 24.1 Å². The summed E-state index contributed by atoms with van der Waals surface area (Å²) in [6.07, 6.45) is 7.36. The summed E-state index contributed by atoms with van der Waals surface area (Å²) in [6.45, 7) is 0. The minimum Gasteiger partial charge on any atom is -0.280 e. The monoisotopic (exact) mass is 172 g/mol. The van der Waals surface area contributed by atoms with E-state index in [2.05, 4.69) is 41.2 Å². The van der Waals surface area contributed by atoms with Gasteiger partial charge in [0.1, 0.15) is 0 Å². The van der Waals surface area contributed by atoms with Crippen molar-refractivity contribution in [1.82, 2.24) is 10.9 Å². The third-order valence-electron chi connectivity index (χ3n) is 2.45. The summed E-state index contributed by atoms with van der Waals surface area (Å²) in [7, 11) is 0. The first-order chi connectivity index (χ1) is 6.42. The van der Waals surface area contributed by atoms with E-state index in [4.69, 9.17) is 6.42 Å². The maximum atomic E-state index is 5.10. The lowest BCUT2D eigenvalue weighted by atomic mass is 10.1. The van der Waals surface area contributed by atoms with Crippen molar-refractivity contribution in [3.63, 3.8) is 0 Å². The number of hydrogen-bond acceptors (Lipinski definition) is 2. The minimum atomic E-state index is 0.368. The van der Waals surface area contributed by atoms with Crippen LogP contribution in [0.5, 0.6) is 0 Å². The molecule has 0 spiro atoms. The lowest BCUT2D eigenvalue weighted by Crippen LogP contribution is -2.30. The predicted molar refractivity (Wildman–Crippen MR) is 52.6 cm³/mol. The number of aryl methyl sites for hydroxylation is 1. The van der Waals surface area contributed by atoms with Crippen LogP contribution in [0.1, 0.15) is 23.6 Å². The summed E-state index contributed by atoms with van der Waals surface area (Å²) in [5.74, 6) is 0. The van der Waals surface area contributed by atoms with E-state index in [1.807, 2.05) is 0 Å². The summed E-state index contributed by atoms with van der Waals surface area (Å²) in [5.41, 5.74) is 8.61. The van der Waals surface area contributed by atoms with Crippen LogP contribution < -0.4 is 10.9 Å². The molecule has 0 radical (unpaired) electrons. The van der Waals surface area contributed by atoms with Crippen molar-refractivity contribution in [1.29, 1.82) is 0 Å². The van der Waals surface area contributed by atoms with Crippen LogP contribution in [0.25, 0.3) is 0 Å². The highest BCUT2D eigenvalue weighted by atomic mass is 15.4. The second kappa shape index (κ2) is 3.51. The Balaban J connectivity index is 2.15. The molecular formula is C11H12N2. The first-order valence-corrected chi connectivity index (χ1v) is 4.46. The van der Waals surface area contributed by atoms with E-state index in [-0.39, 0.29) is 0 Å². The molecule has 0 saturated carbocycles. The molecule has 13 heavy (non-hydrogen) atoms. The van der Waals surface area contributed by atoms with Gasteiger partial charge in [-0.25, -0.2) is 5.43 Å². The maximum absolute atomic E-state index is 5.10. The molecule has 1 aliphatic rings. The number of rotatable bonds is 2. The number of terminal acetylenes is 1. The van der Waals surface area contributed by atoms with Crippen LogP contribution >= 0.6 is 0 Å². The molecule has 2 nitrogen and oxygen atoms in total. The zero-order valence-electron chi connectivity index (χ0n) is 7.38. The van der Waals surface area contributed by atoms with Gasteiger partial charge in [0.15, 0.2) is 0 Å². The molecule has 66 valence electrons. The van der Waals surface area contributed by atoms with Crippen LogP contribution in [0.4, 0.5) is 0 Å². The van der Waals surface area contributed by atoms with Crippen LogP contribution in [-0.2, 0) is 6.42 Å². The number of hydrazine groups is 1. The smallest absolute Gasteiger partial charge is 0.0522 e. The van der Waals surface area contributed by atoms with Crippen LogP contribution in [0.3, 0.4) is 0 Å². The number of fused-ring (bicyclic) bond motifs is 1. The van der Waals surface area contributed by atoms with Gasteiger partial charge in [0, 0.05) is 6.04 Å². The fourth-order valence-corrected chi connectivity index (χ4v) is 1.84. The molecule has 0 fully saturated rings. The van der Waals surface area contributed by atoms with Crippen molar-refractivity contribution >= 4 is 0 Å². The van der Waals surface area contributed by atoms with Gasteiger partial charge >= 0.3 is 0 Å². The van der Waals surface area contributed by atoms with Gasteiger partial charge in [0.2, 0.25) is 0 Å². The fraction of sp³-hybridized carbons (Fsp3) is 0.273. The third kappa shape index (κ3) is 1.51. The average molecular weight is 172 g/mol. The first kappa shape index (κ1) is 8.15. The van der Waals surface area contributed by atoms with Crippen LogP contribution in [0.2, 0.25) is 0 Å². The molecular weight excluding hydrogens is 160 g/mol. The Hall–Kier alpha value is -1.46. The van der Waals surface area contributed by atoms with E-state index in [1.165, 1.54) is 11.1 Å². The zero-order valence-corrected chi connectivity index (χ0v) is 7.38. The van der Waals surface area contributed by atoms with Crippen molar-refractivity contribution in [3.8, 4) is 12.5 Å². The summed E-state index contributed by atoms with van der Waals surface area (Å²) in [4.78, 5) is 0. The standard InChI is InChI=1S/C11H12N2/c1-2-12-13-11-8-7-9-5-3-4-6-10(9)11/h1,3-6,11-13H,7-8H2/t11-/m1/s1. The molecule has 1 aromatic carbocycles. The normalized spacial score (nSPS) is 19.2. The third-order valence-corrected chi connectivity index (χ3v) is 2.45. The molecule has 0 bridgehead atoms. The molecule has 0 unspecified atom stereocenters. The highest BCUT2D eigenvalue weighted by Crippen LogP contribution is 2.29. The van der Waals surface area contributed by atoms with Gasteiger partial charge < -0.3 is 0 Å². The molecule has 1 aromatic rings. The maximum Gasteiger partial charge on any atom is 0.0522 e. The predicted octanol–water partition coefficient (Wildman–Crippen LogP) is 1.36. The van der Waals surface area contributed by atoms with Crippen LogP contribution in [0, 0.1) is 12.5 Å². The average Bonchev–Trinajstić information content (AvgIpc) is 2.58. The van der Waals surface area contributed by atoms with E-state index in [0.29, 0.717) is 6.04 Å². The van der Waals surface area contributed by atoms with Gasteiger partial charge in [-0.2, -0.15) is 0 Å². The molecule has 1 aliphatic carbocycles. The molecule has 0 aliphatic heterocycles. The van der Waals surface area contributed by atoms with Crippen LogP contribution in [0.15, 0.2) is 24.3 Å². The number of nitrogens with one attached hydrogen (secondary N) is 2. The molecule has 2 rings (SSSR count). The van der Waals surface area contributed by atoms with Gasteiger partial charge in [-0.05, 0) is 24.0 Å². The minimum absolute atomic E-state index is 0.368. The van der Waals surface area contributed by atoms with Crippen molar-refractivity contribution in [3.05, 3.63) is 35.4 Å². The molecule has 0 aromatic heterocycles. The highest BCUT2D eigenvalue weighted by molar-refractivity contribution is 5.34. The summed E-state index contributed by atoms with van der Waals surface area (Å²) < 4.78 is 0. The Morgan fingerprint density at radius 3 is 3.08 bits per heavy atom. The molecule has 2 N–H and O–H groups in total. The Kier molecular flexibility index (Phi) is 2.20. The largest absolute Gasteiger partial charge is 0.280 e. The Labute approximate surface area is 78.3 Å². The summed E-state index contributed by atoms with van der Waals surface area (Å²) >= 11 is 0. The van der Waals surface area contributed by atoms with E-state index >= 15 is 0 Å². The van der Waals surface area contributed by atoms with Gasteiger partial charge in [-0.3, -0.25) is 5.43 Å². The van der Waals surface area contributed by atoms with Crippen LogP contribution in [-0.4, -0.2) is 0 Å². The summed E-state index contributed by atoms with van der Waals surface area (Å²) in [6, 6.07) is 11.2. The first-order valence-electron chi connectivity index (χ1n) is 4.46. The highest BCUT2D eigenvalue weighted by Gasteiger charge is 2.20. The quantitative estimate of drug-likeness (QED) is 0.400. The lowest BCUT2D eigenvalue weighted by molar-refractivity contribution is 0.498. The Morgan fingerprint density at radius 2 is 2.23 bits per heavy atom. The lowest BCUT2D eigenvalue weighted by Gasteiger charge is -2.11. The molecule has 2 heteroatoms. The van der Waals surface area contributed by atoms with Gasteiger partial charge in [0.05, 0.1) is 6.04 Å². The van der Waals surface area contributed by atoms with E-state index < -0.39 is 0 Å². The fourth-order valence-electron chi connectivity index (χ4n) is 1.84. The number of benzene rings is 1. The zero-order chi connectivity index (χ0) is 9.10. The van der Waals surface area contributed by atoms with E-state index in [0.717, 1.165) is 12.8 Å². The molecule has 1 atom stereocenters. The number of hydrogen-bond donors (Lipinski definition) is 2. The van der Waals surface area contributed by atoms with Gasteiger partial charge in [-0.15, -0.1) is 0 Å². The summed E-state index contributed by atoms with van der Waals surface area (Å²) in [5, 5.41) is 0. The van der Waals surface area contributed by atoms with Gasteiger partial charge in [-0.1, -0.05) is 30.7 Å². The molecule has 0 heterocycles. The van der Waals surface area contributed by atoms with Crippen molar-refractivity contribution in [2.24, 2.45) is 0 Å². The second-order valence-electron chi connectivity index (χ2n) is 3.20. The van der Waals surface area contributed by atoms with Crippen molar-refractivity contribution in [2.75, 3.05) is 0 Å².